The van der Waals surface area contributed by atoms with Crippen molar-refractivity contribution in [1.29, 1.82) is 0 Å². The maximum Gasteiger partial charge on any atom is 0.131 e. The summed E-state index contributed by atoms with van der Waals surface area (Å²) < 4.78 is 13.5. The van der Waals surface area contributed by atoms with Gasteiger partial charge < -0.3 is 5.43 Å². The van der Waals surface area contributed by atoms with Gasteiger partial charge >= 0.3 is 0 Å². The quantitative estimate of drug-likeness (QED) is 0.580. The van der Waals surface area contributed by atoms with Crippen LogP contribution in [0.25, 0.3) is 11.1 Å². The van der Waals surface area contributed by atoms with Crippen LogP contribution in [-0.4, -0.2) is 0 Å². The van der Waals surface area contributed by atoms with E-state index in [0.717, 1.165) is 11.3 Å². The molecule has 2 aromatic rings. The molecule has 0 unspecified atom stereocenters. The average molecular weight is 202 g/mol. The van der Waals surface area contributed by atoms with Gasteiger partial charge in [0.05, 0.1) is 0 Å². The average Bonchev–Trinajstić information content (AvgIpc) is 2.30. The molecule has 2 nitrogen and oxygen atoms in total. The van der Waals surface area contributed by atoms with Crippen LogP contribution in [0.4, 0.5) is 10.1 Å². The van der Waals surface area contributed by atoms with Crippen LogP contribution < -0.4 is 11.3 Å². The molecule has 0 aromatic heterocycles. The smallest absolute Gasteiger partial charge is 0.131 e. The zero-order chi connectivity index (χ0) is 10.7. The number of halogens is 1. The Bertz CT molecular complexity index is 469. The van der Waals surface area contributed by atoms with Crippen molar-refractivity contribution in [2.24, 2.45) is 5.84 Å². The van der Waals surface area contributed by atoms with Crippen LogP contribution in [0, 0.1) is 5.82 Å². The molecule has 0 aliphatic rings. The molecule has 3 heteroatoms. The first kappa shape index (κ1) is 9.68. The summed E-state index contributed by atoms with van der Waals surface area (Å²) in [6.07, 6.45) is 0. The zero-order valence-corrected chi connectivity index (χ0v) is 8.07. The summed E-state index contributed by atoms with van der Waals surface area (Å²) in [5.74, 6) is 5.06. The van der Waals surface area contributed by atoms with Gasteiger partial charge in [-0.1, -0.05) is 30.3 Å². The van der Waals surface area contributed by atoms with Crippen molar-refractivity contribution in [1.82, 2.24) is 0 Å². The number of anilines is 1. The van der Waals surface area contributed by atoms with Crippen molar-refractivity contribution >= 4 is 5.69 Å². The van der Waals surface area contributed by atoms with Crippen LogP contribution in [-0.2, 0) is 0 Å². The maximum absolute atomic E-state index is 13.5. The van der Waals surface area contributed by atoms with Gasteiger partial charge in [0, 0.05) is 11.3 Å². The lowest BCUT2D eigenvalue weighted by atomic mass is 10.0. The molecule has 0 saturated heterocycles. The van der Waals surface area contributed by atoms with E-state index in [1.54, 1.807) is 24.3 Å². The highest BCUT2D eigenvalue weighted by Gasteiger charge is 2.03. The molecule has 0 aliphatic heterocycles. The fraction of sp³-hybridized carbons (Fsp3) is 0. The van der Waals surface area contributed by atoms with Gasteiger partial charge in [0.15, 0.2) is 0 Å². The van der Waals surface area contributed by atoms with Crippen LogP contribution in [0.1, 0.15) is 0 Å². The van der Waals surface area contributed by atoms with E-state index in [1.807, 2.05) is 18.2 Å². The Morgan fingerprint density at radius 1 is 1.00 bits per heavy atom. The Morgan fingerprint density at radius 3 is 2.53 bits per heavy atom. The van der Waals surface area contributed by atoms with E-state index >= 15 is 0 Å². The van der Waals surface area contributed by atoms with Crippen molar-refractivity contribution in [2.75, 3.05) is 5.43 Å². The summed E-state index contributed by atoms with van der Waals surface area (Å²) >= 11 is 0. The number of hydrazine groups is 1. The number of rotatable bonds is 2. The van der Waals surface area contributed by atoms with Gasteiger partial charge in [0.1, 0.15) is 5.82 Å². The third-order valence-corrected chi connectivity index (χ3v) is 2.21. The lowest BCUT2D eigenvalue weighted by molar-refractivity contribution is 0.631. The number of nitrogen functional groups attached to an aromatic ring is 1. The second-order valence-electron chi connectivity index (χ2n) is 3.20. The topological polar surface area (TPSA) is 38.0 Å². The van der Waals surface area contributed by atoms with Crippen LogP contribution >= 0.6 is 0 Å². The summed E-state index contributed by atoms with van der Waals surface area (Å²) in [6, 6.07) is 14.0. The molecule has 15 heavy (non-hydrogen) atoms. The monoisotopic (exact) mass is 202 g/mol. The largest absolute Gasteiger partial charge is 0.324 e. The Hall–Kier alpha value is -1.87. The molecular formula is C12H11FN2. The number of hydrogen-bond donors (Lipinski definition) is 2. The Kier molecular flexibility index (Phi) is 2.65. The molecule has 0 spiro atoms. The second kappa shape index (κ2) is 4.11. The standard InChI is InChI=1S/C12H11FN2/c13-12-7-2-1-6-11(12)9-4-3-5-10(8-9)15-14/h1-8,15H,14H2. The van der Waals surface area contributed by atoms with E-state index in [0.29, 0.717) is 5.56 Å². The van der Waals surface area contributed by atoms with Crippen molar-refractivity contribution in [3.63, 3.8) is 0 Å². The second-order valence-corrected chi connectivity index (χ2v) is 3.20. The van der Waals surface area contributed by atoms with Gasteiger partial charge in [-0.25, -0.2) is 4.39 Å². The Morgan fingerprint density at radius 2 is 1.80 bits per heavy atom. The van der Waals surface area contributed by atoms with Crippen molar-refractivity contribution in [3.8, 4) is 11.1 Å². The van der Waals surface area contributed by atoms with Gasteiger partial charge in [-0.15, -0.1) is 0 Å². The predicted octanol–water partition coefficient (Wildman–Crippen LogP) is 2.78. The predicted molar refractivity (Wildman–Crippen MR) is 59.6 cm³/mol. The highest BCUT2D eigenvalue weighted by Crippen LogP contribution is 2.24. The molecule has 0 fully saturated rings. The maximum atomic E-state index is 13.5. The van der Waals surface area contributed by atoms with E-state index in [-0.39, 0.29) is 5.82 Å². The lowest BCUT2D eigenvalue weighted by Gasteiger charge is -2.05. The molecule has 2 aromatic carbocycles. The molecule has 2 rings (SSSR count). The SMILES string of the molecule is NNc1cccc(-c2ccccc2F)c1. The summed E-state index contributed by atoms with van der Waals surface area (Å²) in [4.78, 5) is 0. The first-order chi connectivity index (χ1) is 7.31. The third kappa shape index (κ3) is 1.97. The third-order valence-electron chi connectivity index (χ3n) is 2.21. The summed E-state index contributed by atoms with van der Waals surface area (Å²) in [5, 5.41) is 0. The molecular weight excluding hydrogens is 191 g/mol. The van der Waals surface area contributed by atoms with Gasteiger partial charge in [-0.2, -0.15) is 0 Å². The highest BCUT2D eigenvalue weighted by atomic mass is 19.1. The Balaban J connectivity index is 2.49. The zero-order valence-electron chi connectivity index (χ0n) is 8.07. The summed E-state index contributed by atoms with van der Waals surface area (Å²) in [6.45, 7) is 0. The number of benzene rings is 2. The molecule has 0 aliphatic carbocycles. The van der Waals surface area contributed by atoms with Gasteiger partial charge in [0.2, 0.25) is 0 Å². The van der Waals surface area contributed by atoms with Crippen LogP contribution in [0.5, 0.6) is 0 Å². The lowest BCUT2D eigenvalue weighted by Crippen LogP contribution is -2.06. The molecule has 0 heterocycles. The van der Waals surface area contributed by atoms with Gasteiger partial charge in [-0.3, -0.25) is 5.84 Å². The van der Waals surface area contributed by atoms with Crippen LogP contribution in [0.3, 0.4) is 0 Å². The molecule has 0 atom stereocenters. The van der Waals surface area contributed by atoms with Crippen molar-refractivity contribution in [3.05, 3.63) is 54.3 Å². The molecule has 0 amide bonds. The van der Waals surface area contributed by atoms with E-state index in [1.165, 1.54) is 6.07 Å². The molecule has 76 valence electrons. The van der Waals surface area contributed by atoms with Gasteiger partial charge in [0.25, 0.3) is 0 Å². The summed E-state index contributed by atoms with van der Waals surface area (Å²) in [5.41, 5.74) is 4.68. The molecule has 0 saturated carbocycles. The first-order valence-corrected chi connectivity index (χ1v) is 4.63. The number of nitrogens with two attached hydrogens (primary N) is 1. The first-order valence-electron chi connectivity index (χ1n) is 4.63. The van der Waals surface area contributed by atoms with E-state index in [9.17, 15) is 4.39 Å². The molecule has 3 N–H and O–H groups in total. The summed E-state index contributed by atoms with van der Waals surface area (Å²) in [7, 11) is 0. The van der Waals surface area contributed by atoms with E-state index in [2.05, 4.69) is 5.43 Å². The molecule has 0 radical (unpaired) electrons. The van der Waals surface area contributed by atoms with Gasteiger partial charge in [-0.05, 0) is 23.8 Å². The van der Waals surface area contributed by atoms with Crippen molar-refractivity contribution in [2.45, 2.75) is 0 Å². The number of hydrogen-bond acceptors (Lipinski definition) is 2. The fourth-order valence-electron chi connectivity index (χ4n) is 1.47. The normalized spacial score (nSPS) is 10.0. The number of nitrogens with one attached hydrogen (secondary N) is 1. The molecule has 0 bridgehead atoms. The minimum atomic E-state index is -0.230. The Labute approximate surface area is 87.5 Å². The van der Waals surface area contributed by atoms with Crippen LogP contribution in [0.2, 0.25) is 0 Å². The van der Waals surface area contributed by atoms with Crippen LogP contribution in [0.15, 0.2) is 48.5 Å². The van der Waals surface area contributed by atoms with E-state index in [4.69, 9.17) is 5.84 Å². The highest BCUT2D eigenvalue weighted by molar-refractivity contribution is 5.68. The fourth-order valence-corrected chi connectivity index (χ4v) is 1.47. The van der Waals surface area contributed by atoms with Crippen molar-refractivity contribution < 1.29 is 4.39 Å². The minimum Gasteiger partial charge on any atom is -0.324 e. The van der Waals surface area contributed by atoms with E-state index < -0.39 is 0 Å². The minimum absolute atomic E-state index is 0.230.